The molecule has 0 atom stereocenters. The molecule has 0 aliphatic heterocycles. The minimum Gasteiger partial charge on any atom is -0.352 e. The highest BCUT2D eigenvalue weighted by Gasteiger charge is 2.09. The fourth-order valence-electron chi connectivity index (χ4n) is 1.80. The number of halogens is 3. The van der Waals surface area contributed by atoms with Crippen LogP contribution in [0, 0.1) is 11.6 Å². The van der Waals surface area contributed by atoms with Crippen LogP contribution < -0.4 is 10.6 Å². The zero-order chi connectivity index (χ0) is 16.8. The minimum atomic E-state index is -0.858. The average Bonchev–Trinajstić information content (AvgIpc) is 2.50. The summed E-state index contributed by atoms with van der Waals surface area (Å²) in [5.41, 5.74) is 0.305. The third-order valence-electron chi connectivity index (χ3n) is 2.95. The van der Waals surface area contributed by atoms with E-state index in [4.69, 9.17) is 11.6 Å². The van der Waals surface area contributed by atoms with Crippen molar-refractivity contribution in [1.82, 2.24) is 5.32 Å². The molecule has 0 spiro atoms. The number of nitrogens with one attached hydrogen (secondary N) is 2. The lowest BCUT2D eigenvalue weighted by molar-refractivity contribution is -0.116. The van der Waals surface area contributed by atoms with Crippen molar-refractivity contribution in [2.75, 3.05) is 11.9 Å². The van der Waals surface area contributed by atoms with Crippen LogP contribution in [0.1, 0.15) is 16.8 Å². The molecule has 0 fully saturated rings. The number of hydrogen-bond acceptors (Lipinski definition) is 2. The van der Waals surface area contributed by atoms with Crippen molar-refractivity contribution in [3.05, 3.63) is 64.7 Å². The highest BCUT2D eigenvalue weighted by atomic mass is 35.5. The van der Waals surface area contributed by atoms with Gasteiger partial charge in [-0.25, -0.2) is 8.78 Å². The van der Waals surface area contributed by atoms with Gasteiger partial charge in [0.1, 0.15) is 11.6 Å². The fourth-order valence-corrected chi connectivity index (χ4v) is 1.92. The average molecular weight is 339 g/mol. The first-order valence-electron chi connectivity index (χ1n) is 6.74. The number of rotatable bonds is 5. The molecule has 0 bridgehead atoms. The van der Waals surface area contributed by atoms with Crippen molar-refractivity contribution in [3.8, 4) is 0 Å². The Morgan fingerprint density at radius 3 is 2.39 bits per heavy atom. The Morgan fingerprint density at radius 2 is 1.74 bits per heavy atom. The normalized spacial score (nSPS) is 10.2. The molecule has 0 unspecified atom stereocenters. The van der Waals surface area contributed by atoms with E-state index in [0.29, 0.717) is 16.7 Å². The predicted octanol–water partition coefficient (Wildman–Crippen LogP) is 3.38. The molecule has 0 heterocycles. The highest BCUT2D eigenvalue weighted by Crippen LogP contribution is 2.15. The molecule has 0 radical (unpaired) electrons. The van der Waals surface area contributed by atoms with Crippen LogP contribution in [0.4, 0.5) is 14.5 Å². The van der Waals surface area contributed by atoms with Crippen LogP contribution in [0.25, 0.3) is 0 Å². The Hall–Kier alpha value is -2.47. The van der Waals surface area contributed by atoms with E-state index < -0.39 is 17.5 Å². The van der Waals surface area contributed by atoms with Gasteiger partial charge in [0.05, 0.1) is 5.69 Å². The SMILES string of the molecule is O=C(CCNC(=O)c1ccc(Cl)cc1)Nc1ccc(F)cc1F. The van der Waals surface area contributed by atoms with Gasteiger partial charge in [-0.3, -0.25) is 9.59 Å². The van der Waals surface area contributed by atoms with Crippen molar-refractivity contribution in [1.29, 1.82) is 0 Å². The zero-order valence-electron chi connectivity index (χ0n) is 11.9. The topological polar surface area (TPSA) is 58.2 Å². The molecule has 7 heteroatoms. The monoisotopic (exact) mass is 338 g/mol. The number of amides is 2. The van der Waals surface area contributed by atoms with Crippen molar-refractivity contribution in [3.63, 3.8) is 0 Å². The Bertz CT molecular complexity index is 721. The van der Waals surface area contributed by atoms with E-state index in [-0.39, 0.29) is 24.6 Å². The van der Waals surface area contributed by atoms with E-state index >= 15 is 0 Å². The van der Waals surface area contributed by atoms with Crippen LogP contribution in [-0.4, -0.2) is 18.4 Å². The van der Waals surface area contributed by atoms with Crippen LogP contribution in [0.2, 0.25) is 5.02 Å². The first-order valence-corrected chi connectivity index (χ1v) is 7.12. The van der Waals surface area contributed by atoms with Gasteiger partial charge in [0.15, 0.2) is 0 Å². The van der Waals surface area contributed by atoms with Gasteiger partial charge < -0.3 is 10.6 Å². The third kappa shape index (κ3) is 5.03. The minimum absolute atomic E-state index is 0.0455. The largest absolute Gasteiger partial charge is 0.352 e. The maximum absolute atomic E-state index is 13.4. The second kappa shape index (κ2) is 7.69. The summed E-state index contributed by atoms with van der Waals surface area (Å²) in [4.78, 5) is 23.5. The molecule has 2 amide bonds. The molecule has 0 aliphatic rings. The molecule has 120 valence electrons. The lowest BCUT2D eigenvalue weighted by atomic mass is 10.2. The van der Waals surface area contributed by atoms with E-state index in [1.54, 1.807) is 24.3 Å². The number of carbonyl (C=O) groups excluding carboxylic acids is 2. The maximum Gasteiger partial charge on any atom is 0.251 e. The molecule has 2 rings (SSSR count). The van der Waals surface area contributed by atoms with Gasteiger partial charge in [0, 0.05) is 29.6 Å². The molecule has 2 aromatic carbocycles. The summed E-state index contributed by atoms with van der Waals surface area (Å²) >= 11 is 5.72. The smallest absolute Gasteiger partial charge is 0.251 e. The lowest BCUT2D eigenvalue weighted by Gasteiger charge is -2.08. The van der Waals surface area contributed by atoms with Gasteiger partial charge >= 0.3 is 0 Å². The van der Waals surface area contributed by atoms with Gasteiger partial charge in [-0.1, -0.05) is 11.6 Å². The first-order chi connectivity index (χ1) is 11.0. The zero-order valence-corrected chi connectivity index (χ0v) is 12.7. The summed E-state index contributed by atoms with van der Waals surface area (Å²) in [5.74, 6) is -2.42. The number of carbonyl (C=O) groups is 2. The first kappa shape index (κ1) is 16.9. The molecular formula is C16H13ClF2N2O2. The van der Waals surface area contributed by atoms with Gasteiger partial charge in [-0.15, -0.1) is 0 Å². The van der Waals surface area contributed by atoms with Crippen molar-refractivity contribution in [2.45, 2.75) is 6.42 Å². The Morgan fingerprint density at radius 1 is 1.04 bits per heavy atom. The van der Waals surface area contributed by atoms with E-state index in [1.165, 1.54) is 0 Å². The van der Waals surface area contributed by atoms with Gasteiger partial charge in [0.25, 0.3) is 5.91 Å². The molecule has 0 saturated heterocycles. The quantitative estimate of drug-likeness (QED) is 0.878. The highest BCUT2D eigenvalue weighted by molar-refractivity contribution is 6.30. The molecule has 4 nitrogen and oxygen atoms in total. The molecule has 0 aliphatic carbocycles. The number of anilines is 1. The molecule has 2 aromatic rings. The second-order valence-corrected chi connectivity index (χ2v) is 5.12. The van der Waals surface area contributed by atoms with Crippen molar-refractivity contribution >= 4 is 29.1 Å². The fraction of sp³-hybridized carbons (Fsp3) is 0.125. The van der Waals surface area contributed by atoms with E-state index in [2.05, 4.69) is 10.6 Å². The molecule has 2 N–H and O–H groups in total. The summed E-state index contributed by atoms with van der Waals surface area (Å²) in [7, 11) is 0. The van der Waals surface area contributed by atoms with Crippen LogP contribution in [0.5, 0.6) is 0 Å². The van der Waals surface area contributed by atoms with Crippen molar-refractivity contribution < 1.29 is 18.4 Å². The Kier molecular flexibility index (Phi) is 5.65. The number of benzene rings is 2. The molecule has 0 aromatic heterocycles. The summed E-state index contributed by atoms with van der Waals surface area (Å²) in [5, 5.41) is 5.39. The van der Waals surface area contributed by atoms with Crippen LogP contribution in [-0.2, 0) is 4.79 Å². The molecule has 0 saturated carbocycles. The van der Waals surface area contributed by atoms with Gasteiger partial charge in [-0.2, -0.15) is 0 Å². The Labute approximate surface area is 136 Å². The molecular weight excluding hydrogens is 326 g/mol. The summed E-state index contributed by atoms with van der Waals surface area (Å²) in [6.45, 7) is 0.0795. The lowest BCUT2D eigenvalue weighted by Crippen LogP contribution is -2.27. The second-order valence-electron chi connectivity index (χ2n) is 4.69. The van der Waals surface area contributed by atoms with Crippen LogP contribution in [0.15, 0.2) is 42.5 Å². The van der Waals surface area contributed by atoms with Gasteiger partial charge in [-0.05, 0) is 36.4 Å². The standard InChI is InChI=1S/C16H13ClF2N2O2/c17-11-3-1-10(2-4-11)16(23)20-8-7-15(22)21-14-6-5-12(18)9-13(14)19/h1-6,9H,7-8H2,(H,20,23)(H,21,22). The maximum atomic E-state index is 13.4. The van der Waals surface area contributed by atoms with Crippen LogP contribution >= 0.6 is 11.6 Å². The van der Waals surface area contributed by atoms with Crippen molar-refractivity contribution in [2.24, 2.45) is 0 Å². The Balaban J connectivity index is 1.80. The van der Waals surface area contributed by atoms with Crippen LogP contribution in [0.3, 0.4) is 0 Å². The summed E-state index contributed by atoms with van der Waals surface area (Å²) in [6.07, 6.45) is -0.0455. The summed E-state index contributed by atoms with van der Waals surface area (Å²) in [6, 6.07) is 9.14. The predicted molar refractivity (Wildman–Crippen MR) is 83.4 cm³/mol. The summed E-state index contributed by atoms with van der Waals surface area (Å²) < 4.78 is 26.1. The van der Waals surface area contributed by atoms with E-state index in [9.17, 15) is 18.4 Å². The molecule has 23 heavy (non-hydrogen) atoms. The van der Waals surface area contributed by atoms with E-state index in [0.717, 1.165) is 12.1 Å². The van der Waals surface area contributed by atoms with E-state index in [1.807, 2.05) is 0 Å². The third-order valence-corrected chi connectivity index (χ3v) is 3.20. The van der Waals surface area contributed by atoms with Gasteiger partial charge in [0.2, 0.25) is 5.91 Å². The number of hydrogen-bond donors (Lipinski definition) is 2.